The van der Waals surface area contributed by atoms with Crippen LogP contribution in [0.1, 0.15) is 54.7 Å². The molecule has 0 unspecified atom stereocenters. The second kappa shape index (κ2) is 8.49. The zero-order chi connectivity index (χ0) is 23.9. The highest BCUT2D eigenvalue weighted by Gasteiger charge is 2.28. The van der Waals surface area contributed by atoms with Crippen LogP contribution in [0.15, 0.2) is 59.9 Å². The summed E-state index contributed by atoms with van der Waals surface area (Å²) in [5.41, 5.74) is 2.56. The summed E-state index contributed by atoms with van der Waals surface area (Å²) in [4.78, 5) is 25.7. The molecule has 0 aliphatic heterocycles. The van der Waals surface area contributed by atoms with Crippen molar-refractivity contribution >= 4 is 38.6 Å². The van der Waals surface area contributed by atoms with E-state index in [2.05, 4.69) is 25.1 Å². The number of hydrogen-bond acceptors (Lipinski definition) is 7. The second-order valence-electron chi connectivity index (χ2n) is 8.45. The Labute approximate surface area is 196 Å². The van der Waals surface area contributed by atoms with Gasteiger partial charge in [0.1, 0.15) is 0 Å². The molecule has 3 heterocycles. The van der Waals surface area contributed by atoms with Gasteiger partial charge in [0, 0.05) is 35.7 Å². The molecule has 2 N–H and O–H groups in total. The Morgan fingerprint density at radius 3 is 2.47 bits per heavy atom. The van der Waals surface area contributed by atoms with Crippen molar-refractivity contribution in [1.29, 1.82) is 0 Å². The highest BCUT2D eigenvalue weighted by molar-refractivity contribution is 7.92. The molecule has 5 rings (SSSR count). The average molecular weight is 478 g/mol. The predicted molar refractivity (Wildman–Crippen MR) is 127 cm³/mol. The number of carbonyl (C=O) groups is 1. The molecule has 0 bridgehead atoms. The number of nitrogens with one attached hydrogen (secondary N) is 2. The highest BCUT2D eigenvalue weighted by Crippen LogP contribution is 2.40. The van der Waals surface area contributed by atoms with Gasteiger partial charge in [-0.2, -0.15) is 5.10 Å². The van der Waals surface area contributed by atoms with E-state index in [0.29, 0.717) is 28.2 Å². The molecule has 1 aliphatic carbocycles. The lowest BCUT2D eigenvalue weighted by Gasteiger charge is -2.11. The van der Waals surface area contributed by atoms with Crippen molar-refractivity contribution in [1.82, 2.24) is 24.7 Å². The Morgan fingerprint density at radius 2 is 1.82 bits per heavy atom. The lowest BCUT2D eigenvalue weighted by molar-refractivity contribution is 0.102. The molecule has 3 aromatic heterocycles. The number of fused-ring (bicyclic) bond motifs is 1. The Morgan fingerprint density at radius 1 is 1.12 bits per heavy atom. The first-order valence-corrected chi connectivity index (χ1v) is 12.4. The van der Waals surface area contributed by atoms with Gasteiger partial charge < -0.3 is 5.32 Å². The van der Waals surface area contributed by atoms with Gasteiger partial charge in [-0.15, -0.1) is 0 Å². The number of amides is 1. The van der Waals surface area contributed by atoms with E-state index in [4.69, 9.17) is 4.98 Å². The lowest BCUT2D eigenvalue weighted by atomic mass is 10.1. The Bertz CT molecular complexity index is 1460. The minimum Gasteiger partial charge on any atom is -0.322 e. The summed E-state index contributed by atoms with van der Waals surface area (Å²) in [6, 6.07) is 9.44. The minimum atomic E-state index is -3.86. The van der Waals surface area contributed by atoms with E-state index in [1.807, 2.05) is 24.6 Å². The van der Waals surface area contributed by atoms with Crippen molar-refractivity contribution in [2.75, 3.05) is 10.0 Å². The highest BCUT2D eigenvalue weighted by atomic mass is 32.2. The van der Waals surface area contributed by atoms with E-state index in [1.54, 1.807) is 12.3 Å². The van der Waals surface area contributed by atoms with E-state index < -0.39 is 10.0 Å². The topological polar surface area (TPSA) is 132 Å². The third kappa shape index (κ3) is 4.34. The lowest BCUT2D eigenvalue weighted by Crippen LogP contribution is -2.16. The molecule has 1 amide bonds. The number of nitrogens with zero attached hydrogens (tertiary/aromatic N) is 5. The first-order valence-electron chi connectivity index (χ1n) is 10.9. The first-order chi connectivity index (χ1) is 16.3. The van der Waals surface area contributed by atoms with Gasteiger partial charge in [-0.3, -0.25) is 4.79 Å². The molecular weight excluding hydrogens is 454 g/mol. The summed E-state index contributed by atoms with van der Waals surface area (Å²) in [5.74, 6) is 0.0519. The molecule has 1 fully saturated rings. The molecule has 0 atom stereocenters. The van der Waals surface area contributed by atoms with Crippen molar-refractivity contribution in [3.8, 4) is 0 Å². The number of benzene rings is 1. The maximum Gasteiger partial charge on any atom is 0.264 e. The van der Waals surface area contributed by atoms with Gasteiger partial charge in [-0.25, -0.2) is 32.8 Å². The van der Waals surface area contributed by atoms with E-state index in [9.17, 15) is 13.2 Å². The van der Waals surface area contributed by atoms with Crippen molar-refractivity contribution in [3.63, 3.8) is 0 Å². The van der Waals surface area contributed by atoms with Crippen LogP contribution >= 0.6 is 0 Å². The fourth-order valence-electron chi connectivity index (χ4n) is 3.64. The fourth-order valence-corrected chi connectivity index (χ4v) is 4.60. The van der Waals surface area contributed by atoms with Crippen LogP contribution in [0.25, 0.3) is 11.0 Å². The second-order valence-corrected chi connectivity index (χ2v) is 10.1. The molecule has 0 spiro atoms. The monoisotopic (exact) mass is 477 g/mol. The van der Waals surface area contributed by atoms with Crippen molar-refractivity contribution in [3.05, 3.63) is 66.2 Å². The van der Waals surface area contributed by atoms with Crippen LogP contribution in [0.2, 0.25) is 0 Å². The number of anilines is 2. The van der Waals surface area contributed by atoms with Gasteiger partial charge >= 0.3 is 0 Å². The number of sulfonamides is 1. The van der Waals surface area contributed by atoms with E-state index in [-0.39, 0.29) is 22.8 Å². The third-order valence-corrected chi connectivity index (χ3v) is 6.87. The predicted octanol–water partition coefficient (Wildman–Crippen LogP) is 3.73. The van der Waals surface area contributed by atoms with Crippen molar-refractivity contribution in [2.24, 2.45) is 0 Å². The number of rotatable bonds is 7. The number of hydrogen-bond donors (Lipinski definition) is 2. The van der Waals surface area contributed by atoms with Crippen LogP contribution in [0.4, 0.5) is 11.6 Å². The van der Waals surface area contributed by atoms with Gasteiger partial charge in [0.15, 0.2) is 5.65 Å². The van der Waals surface area contributed by atoms with Crippen LogP contribution in [-0.4, -0.2) is 39.1 Å². The number of carbonyl (C=O) groups excluding carboxylic acids is 1. The molecule has 1 saturated carbocycles. The molecule has 11 heteroatoms. The summed E-state index contributed by atoms with van der Waals surface area (Å²) in [7, 11) is -3.86. The minimum absolute atomic E-state index is 0.0185. The summed E-state index contributed by atoms with van der Waals surface area (Å²) >= 11 is 0. The molecule has 34 heavy (non-hydrogen) atoms. The maximum atomic E-state index is 13.2. The van der Waals surface area contributed by atoms with Crippen LogP contribution in [0.5, 0.6) is 0 Å². The van der Waals surface area contributed by atoms with Gasteiger partial charge in [-0.1, -0.05) is 0 Å². The zero-order valence-electron chi connectivity index (χ0n) is 18.6. The van der Waals surface area contributed by atoms with Crippen LogP contribution in [0.3, 0.4) is 0 Å². The molecule has 10 nitrogen and oxygen atoms in total. The summed E-state index contributed by atoms with van der Waals surface area (Å²) in [6.07, 6.45) is 6.68. The first kappa shape index (κ1) is 22.0. The van der Waals surface area contributed by atoms with Crippen molar-refractivity contribution < 1.29 is 13.2 Å². The Kier molecular flexibility index (Phi) is 5.48. The van der Waals surface area contributed by atoms with E-state index in [0.717, 1.165) is 18.5 Å². The van der Waals surface area contributed by atoms with Gasteiger partial charge in [0.2, 0.25) is 5.95 Å². The molecule has 0 radical (unpaired) electrons. The van der Waals surface area contributed by atoms with Crippen LogP contribution in [-0.2, 0) is 10.0 Å². The molecule has 0 saturated heterocycles. The molecular formula is C23H23N7O3S. The fraction of sp³-hybridized carbons (Fsp3) is 0.261. The quantitative estimate of drug-likeness (QED) is 0.414. The molecule has 1 aromatic carbocycles. The van der Waals surface area contributed by atoms with Gasteiger partial charge in [0.05, 0.1) is 22.0 Å². The smallest absolute Gasteiger partial charge is 0.264 e. The summed E-state index contributed by atoms with van der Waals surface area (Å²) < 4.78 is 29.3. The van der Waals surface area contributed by atoms with Gasteiger partial charge in [0.25, 0.3) is 15.9 Å². The Hall–Kier alpha value is -3.86. The van der Waals surface area contributed by atoms with Crippen LogP contribution in [0, 0.1) is 0 Å². The third-order valence-electron chi connectivity index (χ3n) is 5.53. The standard InChI is InChI=1S/C23H23N7O3S/c1-14(2)30-21-19(13-26-30)18(12-20(28-21)15-4-5-15)22(31)27-16-6-8-17(9-7-16)34(32,33)29-23-24-10-3-11-25-23/h3,6-15H,4-5H2,1-2H3,(H,27,31)(H,24,25,29). The maximum absolute atomic E-state index is 13.2. The van der Waals surface area contributed by atoms with E-state index in [1.165, 1.54) is 36.7 Å². The summed E-state index contributed by atoms with van der Waals surface area (Å²) in [6.45, 7) is 4.04. The molecule has 1 aliphatic rings. The molecule has 4 aromatic rings. The number of pyridine rings is 1. The van der Waals surface area contributed by atoms with Gasteiger partial charge in [-0.05, 0) is 63.1 Å². The summed E-state index contributed by atoms with van der Waals surface area (Å²) in [5, 5.41) is 7.97. The SMILES string of the molecule is CC(C)n1ncc2c(C(=O)Nc3ccc(S(=O)(=O)Nc4ncccn4)cc3)cc(C3CC3)nc21. The van der Waals surface area contributed by atoms with Crippen molar-refractivity contribution in [2.45, 2.75) is 43.5 Å². The normalized spacial score (nSPS) is 13.9. The van der Waals surface area contributed by atoms with E-state index >= 15 is 0 Å². The molecule has 174 valence electrons. The Balaban J connectivity index is 1.39. The average Bonchev–Trinajstić information content (AvgIpc) is 3.57. The largest absolute Gasteiger partial charge is 0.322 e. The van der Waals surface area contributed by atoms with Crippen LogP contribution < -0.4 is 10.0 Å². The zero-order valence-corrected chi connectivity index (χ0v) is 19.5. The number of aromatic nitrogens is 5.